The van der Waals surface area contributed by atoms with Gasteiger partial charge in [-0.2, -0.15) is 5.10 Å². The fraction of sp³-hybridized carbons (Fsp3) is 0. The maximum absolute atomic E-state index is 6.07. The molecule has 5 heteroatoms. The molecule has 0 unspecified atom stereocenters. The predicted molar refractivity (Wildman–Crippen MR) is 88.8 cm³/mol. The fourth-order valence-electron chi connectivity index (χ4n) is 1.95. The van der Waals surface area contributed by atoms with Crippen LogP contribution in [0.15, 0.2) is 63.7 Å². The number of hydrogen-bond donors (Lipinski definition) is 1. The highest BCUT2D eigenvalue weighted by Gasteiger charge is 2.09. The molecule has 2 N–H and O–H groups in total. The molecule has 20 heavy (non-hydrogen) atoms. The molecule has 0 aliphatic carbocycles. The van der Waals surface area contributed by atoms with Gasteiger partial charge in [-0.05, 0) is 36.4 Å². The Kier molecular flexibility index (Phi) is 3.63. The van der Waals surface area contributed by atoms with Crippen LogP contribution in [0.25, 0.3) is 16.9 Å². The monoisotopic (exact) mass is 391 g/mol. The number of rotatable bonds is 2. The van der Waals surface area contributed by atoms with Gasteiger partial charge in [0.25, 0.3) is 0 Å². The number of nitrogens with two attached hydrogens (primary N) is 1. The minimum absolute atomic E-state index is 0.662. The van der Waals surface area contributed by atoms with Crippen molar-refractivity contribution in [3.63, 3.8) is 0 Å². The maximum atomic E-state index is 6.07. The van der Waals surface area contributed by atoms with Crippen molar-refractivity contribution < 1.29 is 0 Å². The van der Waals surface area contributed by atoms with Gasteiger partial charge in [0, 0.05) is 14.5 Å². The van der Waals surface area contributed by atoms with E-state index >= 15 is 0 Å². The van der Waals surface area contributed by atoms with Crippen LogP contribution in [0, 0.1) is 0 Å². The summed E-state index contributed by atoms with van der Waals surface area (Å²) in [7, 11) is 0. The molecule has 3 aromatic rings. The molecule has 2 aromatic carbocycles. The molecular weight excluding hydrogens is 382 g/mol. The van der Waals surface area contributed by atoms with E-state index in [0.717, 1.165) is 25.9 Å². The van der Waals surface area contributed by atoms with Gasteiger partial charge < -0.3 is 5.73 Å². The van der Waals surface area contributed by atoms with E-state index in [-0.39, 0.29) is 0 Å². The lowest BCUT2D eigenvalue weighted by Gasteiger charge is -2.01. The Morgan fingerprint density at radius 2 is 1.40 bits per heavy atom. The van der Waals surface area contributed by atoms with Crippen LogP contribution in [-0.2, 0) is 0 Å². The highest BCUT2D eigenvalue weighted by Crippen LogP contribution is 2.27. The Balaban J connectivity index is 2.02. The van der Waals surface area contributed by atoms with E-state index in [0.29, 0.717) is 5.69 Å². The first-order valence-electron chi connectivity index (χ1n) is 6.00. The Morgan fingerprint density at radius 1 is 0.850 bits per heavy atom. The second-order valence-corrected chi connectivity index (χ2v) is 6.19. The topological polar surface area (TPSA) is 43.8 Å². The van der Waals surface area contributed by atoms with Crippen LogP contribution in [0.3, 0.4) is 0 Å². The molecule has 0 amide bonds. The van der Waals surface area contributed by atoms with E-state index in [1.165, 1.54) is 0 Å². The summed E-state index contributed by atoms with van der Waals surface area (Å²) in [6.45, 7) is 0. The van der Waals surface area contributed by atoms with Gasteiger partial charge in [0.05, 0.1) is 17.6 Å². The molecule has 1 heterocycles. The first-order valence-corrected chi connectivity index (χ1v) is 7.59. The summed E-state index contributed by atoms with van der Waals surface area (Å²) in [5.74, 6) is 0. The third-order valence-electron chi connectivity index (χ3n) is 2.95. The van der Waals surface area contributed by atoms with Gasteiger partial charge in [-0.1, -0.05) is 44.0 Å². The van der Waals surface area contributed by atoms with Crippen molar-refractivity contribution in [1.82, 2.24) is 9.78 Å². The summed E-state index contributed by atoms with van der Waals surface area (Å²) in [5.41, 5.74) is 9.51. The summed E-state index contributed by atoms with van der Waals surface area (Å²) in [6, 6.07) is 15.9. The SMILES string of the molecule is Nc1cn(-c2ccc(Br)cc2)nc1-c1ccc(Br)cc1. The van der Waals surface area contributed by atoms with Crippen molar-refractivity contribution in [2.45, 2.75) is 0 Å². The average Bonchev–Trinajstić information content (AvgIpc) is 2.82. The molecule has 1 aromatic heterocycles. The summed E-state index contributed by atoms with van der Waals surface area (Å²) < 4.78 is 3.86. The first kappa shape index (κ1) is 13.4. The second kappa shape index (κ2) is 5.42. The van der Waals surface area contributed by atoms with Gasteiger partial charge in [-0.3, -0.25) is 0 Å². The van der Waals surface area contributed by atoms with E-state index in [1.807, 2.05) is 54.7 Å². The van der Waals surface area contributed by atoms with Gasteiger partial charge in [-0.15, -0.1) is 0 Å². The van der Waals surface area contributed by atoms with E-state index < -0.39 is 0 Å². The van der Waals surface area contributed by atoms with Crippen molar-refractivity contribution >= 4 is 37.5 Å². The van der Waals surface area contributed by atoms with Gasteiger partial charge in [-0.25, -0.2) is 4.68 Å². The van der Waals surface area contributed by atoms with E-state index in [2.05, 4.69) is 37.0 Å². The van der Waals surface area contributed by atoms with Crippen LogP contribution in [-0.4, -0.2) is 9.78 Å². The second-order valence-electron chi connectivity index (χ2n) is 4.36. The number of aromatic nitrogens is 2. The lowest BCUT2D eigenvalue weighted by atomic mass is 10.1. The molecule has 0 spiro atoms. The highest BCUT2D eigenvalue weighted by molar-refractivity contribution is 9.10. The molecule has 0 aliphatic rings. The van der Waals surface area contributed by atoms with Crippen LogP contribution >= 0.6 is 31.9 Å². The third-order valence-corrected chi connectivity index (χ3v) is 4.01. The number of nitrogens with zero attached hydrogens (tertiary/aromatic N) is 2. The molecular formula is C15H11Br2N3. The third kappa shape index (κ3) is 2.64. The van der Waals surface area contributed by atoms with Crippen molar-refractivity contribution in [2.24, 2.45) is 0 Å². The smallest absolute Gasteiger partial charge is 0.116 e. The Hall–Kier alpha value is -1.59. The van der Waals surface area contributed by atoms with E-state index in [1.54, 1.807) is 4.68 Å². The normalized spacial score (nSPS) is 10.7. The van der Waals surface area contributed by atoms with Gasteiger partial charge in [0.1, 0.15) is 5.69 Å². The lowest BCUT2D eigenvalue weighted by Crippen LogP contribution is -1.94. The zero-order chi connectivity index (χ0) is 14.1. The summed E-state index contributed by atoms with van der Waals surface area (Å²) in [6.07, 6.45) is 1.83. The first-order chi connectivity index (χ1) is 9.63. The minimum Gasteiger partial charge on any atom is -0.396 e. The average molecular weight is 393 g/mol. The van der Waals surface area contributed by atoms with Crippen LogP contribution in [0.2, 0.25) is 0 Å². The Bertz CT molecular complexity index is 731. The minimum atomic E-state index is 0.662. The highest BCUT2D eigenvalue weighted by atomic mass is 79.9. The molecule has 3 nitrogen and oxygen atoms in total. The molecule has 0 fully saturated rings. The van der Waals surface area contributed by atoms with Crippen molar-refractivity contribution in [3.8, 4) is 16.9 Å². The van der Waals surface area contributed by atoms with E-state index in [4.69, 9.17) is 5.73 Å². The zero-order valence-corrected chi connectivity index (χ0v) is 13.6. The zero-order valence-electron chi connectivity index (χ0n) is 10.4. The lowest BCUT2D eigenvalue weighted by molar-refractivity contribution is 0.884. The van der Waals surface area contributed by atoms with E-state index in [9.17, 15) is 0 Å². The molecule has 0 saturated heterocycles. The molecule has 0 bridgehead atoms. The number of benzene rings is 2. The quantitative estimate of drug-likeness (QED) is 0.689. The molecule has 0 saturated carbocycles. The van der Waals surface area contributed by atoms with Crippen molar-refractivity contribution in [3.05, 3.63) is 63.7 Å². The summed E-state index contributed by atoms with van der Waals surface area (Å²) in [5, 5.41) is 4.57. The number of hydrogen-bond acceptors (Lipinski definition) is 2. The number of nitrogen functional groups attached to an aromatic ring is 1. The Labute approximate surface area is 133 Å². The predicted octanol–water partition coefficient (Wildman–Crippen LogP) is 4.65. The molecule has 0 aliphatic heterocycles. The van der Waals surface area contributed by atoms with Crippen LogP contribution < -0.4 is 5.73 Å². The standard InChI is InChI=1S/C15H11Br2N3/c16-11-3-1-10(2-4-11)15-14(18)9-20(19-15)13-7-5-12(17)6-8-13/h1-9H,18H2. The van der Waals surface area contributed by atoms with Crippen LogP contribution in [0.1, 0.15) is 0 Å². The van der Waals surface area contributed by atoms with Crippen molar-refractivity contribution in [2.75, 3.05) is 5.73 Å². The fourth-order valence-corrected chi connectivity index (χ4v) is 2.47. The Morgan fingerprint density at radius 3 is 2.00 bits per heavy atom. The van der Waals surface area contributed by atoms with Crippen molar-refractivity contribution in [1.29, 1.82) is 0 Å². The summed E-state index contributed by atoms with van der Waals surface area (Å²) >= 11 is 6.85. The van der Waals surface area contributed by atoms with Gasteiger partial charge in [0.2, 0.25) is 0 Å². The summed E-state index contributed by atoms with van der Waals surface area (Å²) in [4.78, 5) is 0. The molecule has 0 radical (unpaired) electrons. The molecule has 0 atom stereocenters. The largest absolute Gasteiger partial charge is 0.396 e. The number of anilines is 1. The maximum Gasteiger partial charge on any atom is 0.116 e. The van der Waals surface area contributed by atoms with Crippen LogP contribution in [0.4, 0.5) is 5.69 Å². The van der Waals surface area contributed by atoms with Gasteiger partial charge in [0.15, 0.2) is 0 Å². The molecule has 3 rings (SSSR count). The molecule has 100 valence electrons. The number of halogens is 2. The van der Waals surface area contributed by atoms with Crippen LogP contribution in [0.5, 0.6) is 0 Å². The van der Waals surface area contributed by atoms with Gasteiger partial charge >= 0.3 is 0 Å².